The molecule has 2 nitrogen and oxygen atoms in total. The highest BCUT2D eigenvalue weighted by Crippen LogP contribution is 2.31. The van der Waals surface area contributed by atoms with Gasteiger partial charge in [-0.05, 0) is 38.1 Å². The summed E-state index contributed by atoms with van der Waals surface area (Å²) in [6.45, 7) is 4.18. The van der Waals surface area contributed by atoms with E-state index in [1.807, 2.05) is 42.5 Å². The predicted molar refractivity (Wildman–Crippen MR) is 84.4 cm³/mol. The average Bonchev–Trinajstić information content (AvgIpc) is 2.77. The van der Waals surface area contributed by atoms with Crippen molar-refractivity contribution in [2.75, 3.05) is 5.32 Å². The fourth-order valence-corrected chi connectivity index (χ4v) is 2.69. The molecule has 20 heavy (non-hydrogen) atoms. The summed E-state index contributed by atoms with van der Waals surface area (Å²) in [7, 11) is 0. The van der Waals surface area contributed by atoms with Crippen molar-refractivity contribution in [3.05, 3.63) is 64.9 Å². The molecule has 0 spiro atoms. The zero-order chi connectivity index (χ0) is 14.1. The lowest BCUT2D eigenvalue weighted by Crippen LogP contribution is -2.06. The highest BCUT2D eigenvalue weighted by Gasteiger charge is 2.16. The van der Waals surface area contributed by atoms with E-state index in [0.717, 1.165) is 22.1 Å². The summed E-state index contributed by atoms with van der Waals surface area (Å²) in [5.41, 5.74) is 3.10. The Kier molecular flexibility index (Phi) is 3.41. The maximum absolute atomic E-state index is 6.01. The van der Waals surface area contributed by atoms with Crippen LogP contribution in [0.2, 0.25) is 5.02 Å². The van der Waals surface area contributed by atoms with Crippen LogP contribution in [-0.4, -0.2) is 0 Å². The van der Waals surface area contributed by atoms with Gasteiger partial charge in [0, 0.05) is 21.7 Å². The molecule has 0 fully saturated rings. The number of benzene rings is 2. The SMILES string of the molecule is Cc1c(C(C)Nc2cccc(Cl)c2)oc2ccccc12. The van der Waals surface area contributed by atoms with Crippen LogP contribution in [-0.2, 0) is 0 Å². The third-order valence-corrected chi connectivity index (χ3v) is 3.72. The van der Waals surface area contributed by atoms with Crippen LogP contribution in [0.3, 0.4) is 0 Å². The first kappa shape index (κ1) is 13.1. The number of hydrogen-bond donors (Lipinski definition) is 1. The first-order valence-corrected chi connectivity index (χ1v) is 7.03. The summed E-state index contributed by atoms with van der Waals surface area (Å²) in [6, 6.07) is 15.9. The molecule has 3 heteroatoms. The maximum Gasteiger partial charge on any atom is 0.134 e. The molecule has 2 aromatic carbocycles. The summed E-state index contributed by atoms with van der Waals surface area (Å²) >= 11 is 6.01. The van der Waals surface area contributed by atoms with Gasteiger partial charge in [0.25, 0.3) is 0 Å². The van der Waals surface area contributed by atoms with Gasteiger partial charge in [-0.25, -0.2) is 0 Å². The molecule has 102 valence electrons. The number of nitrogens with one attached hydrogen (secondary N) is 1. The molecule has 1 N–H and O–H groups in total. The topological polar surface area (TPSA) is 25.2 Å². The molecule has 3 aromatic rings. The van der Waals surface area contributed by atoms with Gasteiger partial charge < -0.3 is 9.73 Å². The van der Waals surface area contributed by atoms with Crippen molar-refractivity contribution >= 4 is 28.3 Å². The molecule has 0 aliphatic carbocycles. The van der Waals surface area contributed by atoms with Crippen LogP contribution in [0, 0.1) is 6.92 Å². The first-order chi connectivity index (χ1) is 9.65. The Morgan fingerprint density at radius 2 is 1.90 bits per heavy atom. The monoisotopic (exact) mass is 285 g/mol. The molecular formula is C17H16ClNO. The summed E-state index contributed by atoms with van der Waals surface area (Å²) in [6.07, 6.45) is 0. The average molecular weight is 286 g/mol. The molecular weight excluding hydrogens is 270 g/mol. The second kappa shape index (κ2) is 5.22. The third kappa shape index (κ3) is 2.39. The Hall–Kier alpha value is -1.93. The van der Waals surface area contributed by atoms with Gasteiger partial charge in [-0.2, -0.15) is 0 Å². The van der Waals surface area contributed by atoms with Gasteiger partial charge in [-0.15, -0.1) is 0 Å². The molecule has 3 rings (SSSR count). The molecule has 0 aliphatic heterocycles. The van der Waals surface area contributed by atoms with E-state index in [9.17, 15) is 0 Å². The Labute approximate surface area is 123 Å². The van der Waals surface area contributed by atoms with Crippen LogP contribution in [0.4, 0.5) is 5.69 Å². The second-order valence-corrected chi connectivity index (χ2v) is 5.40. The van der Waals surface area contributed by atoms with Crippen molar-refractivity contribution in [2.45, 2.75) is 19.9 Å². The molecule has 0 amide bonds. The number of para-hydroxylation sites is 1. The van der Waals surface area contributed by atoms with Gasteiger partial charge >= 0.3 is 0 Å². The van der Waals surface area contributed by atoms with Crippen molar-refractivity contribution in [1.82, 2.24) is 0 Å². The molecule has 0 radical (unpaired) electrons. The molecule has 0 bridgehead atoms. The van der Waals surface area contributed by atoms with Crippen LogP contribution in [0.5, 0.6) is 0 Å². The lowest BCUT2D eigenvalue weighted by atomic mass is 10.1. The normalized spacial score (nSPS) is 12.6. The second-order valence-electron chi connectivity index (χ2n) is 4.96. The van der Waals surface area contributed by atoms with E-state index in [2.05, 4.69) is 25.2 Å². The van der Waals surface area contributed by atoms with Crippen LogP contribution < -0.4 is 5.32 Å². The number of anilines is 1. The number of hydrogen-bond acceptors (Lipinski definition) is 2. The Balaban J connectivity index is 1.92. The Morgan fingerprint density at radius 1 is 1.10 bits per heavy atom. The Morgan fingerprint density at radius 3 is 2.65 bits per heavy atom. The van der Waals surface area contributed by atoms with E-state index in [1.165, 1.54) is 10.9 Å². The molecule has 1 atom stereocenters. The highest BCUT2D eigenvalue weighted by atomic mass is 35.5. The van der Waals surface area contributed by atoms with E-state index in [-0.39, 0.29) is 6.04 Å². The summed E-state index contributed by atoms with van der Waals surface area (Å²) in [5.74, 6) is 0.964. The minimum Gasteiger partial charge on any atom is -0.459 e. The molecule has 1 aromatic heterocycles. The summed E-state index contributed by atoms with van der Waals surface area (Å²) < 4.78 is 5.97. The van der Waals surface area contributed by atoms with Crippen molar-refractivity contribution in [3.8, 4) is 0 Å². The molecule has 0 saturated heterocycles. The zero-order valence-corrected chi connectivity index (χ0v) is 12.2. The van der Waals surface area contributed by atoms with Gasteiger partial charge in [0.05, 0.1) is 6.04 Å². The predicted octanol–water partition coefficient (Wildman–Crippen LogP) is 5.57. The van der Waals surface area contributed by atoms with Crippen molar-refractivity contribution in [2.24, 2.45) is 0 Å². The molecule has 0 aliphatic rings. The number of fused-ring (bicyclic) bond motifs is 1. The largest absolute Gasteiger partial charge is 0.459 e. The third-order valence-electron chi connectivity index (χ3n) is 3.48. The highest BCUT2D eigenvalue weighted by molar-refractivity contribution is 6.30. The van der Waals surface area contributed by atoms with Crippen LogP contribution in [0.1, 0.15) is 24.3 Å². The van der Waals surface area contributed by atoms with Gasteiger partial charge in [0.2, 0.25) is 0 Å². The van der Waals surface area contributed by atoms with E-state index in [1.54, 1.807) is 0 Å². The number of furan rings is 1. The van der Waals surface area contributed by atoms with E-state index >= 15 is 0 Å². The zero-order valence-electron chi connectivity index (χ0n) is 11.5. The van der Waals surface area contributed by atoms with Gasteiger partial charge in [-0.3, -0.25) is 0 Å². The summed E-state index contributed by atoms with van der Waals surface area (Å²) in [5, 5.41) is 5.32. The number of halogens is 1. The molecule has 0 saturated carbocycles. The first-order valence-electron chi connectivity index (χ1n) is 6.65. The van der Waals surface area contributed by atoms with Crippen LogP contribution in [0.25, 0.3) is 11.0 Å². The van der Waals surface area contributed by atoms with E-state index in [4.69, 9.17) is 16.0 Å². The smallest absolute Gasteiger partial charge is 0.134 e. The maximum atomic E-state index is 6.01. The fourth-order valence-electron chi connectivity index (χ4n) is 2.50. The lowest BCUT2D eigenvalue weighted by molar-refractivity contribution is 0.522. The van der Waals surface area contributed by atoms with E-state index < -0.39 is 0 Å². The van der Waals surface area contributed by atoms with Gasteiger partial charge in [0.15, 0.2) is 0 Å². The number of aryl methyl sites for hydroxylation is 1. The van der Waals surface area contributed by atoms with Crippen molar-refractivity contribution < 1.29 is 4.42 Å². The van der Waals surface area contributed by atoms with Gasteiger partial charge in [0.1, 0.15) is 11.3 Å². The summed E-state index contributed by atoms with van der Waals surface area (Å²) in [4.78, 5) is 0. The quantitative estimate of drug-likeness (QED) is 0.681. The minimum atomic E-state index is 0.0841. The van der Waals surface area contributed by atoms with Crippen molar-refractivity contribution in [3.63, 3.8) is 0 Å². The Bertz CT molecular complexity index is 748. The standard InChI is InChI=1S/C17H16ClNO/c1-11-15-8-3-4-9-16(15)20-17(11)12(2)19-14-7-5-6-13(18)10-14/h3-10,12,19H,1-2H3. The van der Waals surface area contributed by atoms with Crippen LogP contribution >= 0.6 is 11.6 Å². The van der Waals surface area contributed by atoms with E-state index in [0.29, 0.717) is 0 Å². The van der Waals surface area contributed by atoms with Crippen LogP contribution in [0.15, 0.2) is 52.9 Å². The van der Waals surface area contributed by atoms with Gasteiger partial charge in [-0.1, -0.05) is 35.9 Å². The molecule has 1 unspecified atom stereocenters. The fraction of sp³-hybridized carbons (Fsp3) is 0.176. The van der Waals surface area contributed by atoms with Crippen molar-refractivity contribution in [1.29, 1.82) is 0 Å². The lowest BCUT2D eigenvalue weighted by Gasteiger charge is -2.14. The molecule has 1 heterocycles. The minimum absolute atomic E-state index is 0.0841. The number of rotatable bonds is 3.